The maximum atomic E-state index is 12.6. The van der Waals surface area contributed by atoms with Gasteiger partial charge in [-0.2, -0.15) is 0 Å². The summed E-state index contributed by atoms with van der Waals surface area (Å²) in [6.45, 7) is 1.46. The van der Waals surface area contributed by atoms with Crippen LogP contribution >= 0.6 is 22.6 Å². The van der Waals surface area contributed by atoms with Crippen molar-refractivity contribution in [3.05, 3.63) is 69.9 Å². The monoisotopic (exact) mass is 549 g/mol. The number of nitrogens with zero attached hydrogens (tertiary/aromatic N) is 2. The van der Waals surface area contributed by atoms with Crippen molar-refractivity contribution < 1.29 is 23.4 Å². The number of hydrogen-bond donors (Lipinski definition) is 0. The van der Waals surface area contributed by atoms with E-state index in [0.717, 1.165) is 9.13 Å². The minimum atomic E-state index is -0.458. The Labute approximate surface area is 200 Å². The second-order valence-corrected chi connectivity index (χ2v) is 8.10. The molecule has 0 saturated heterocycles. The number of rotatable bonds is 10. The predicted octanol–water partition coefficient (Wildman–Crippen LogP) is 5.78. The highest BCUT2D eigenvalue weighted by atomic mass is 127. The van der Waals surface area contributed by atoms with Gasteiger partial charge in [-0.05, 0) is 77.2 Å². The molecule has 0 bridgehead atoms. The lowest BCUT2D eigenvalue weighted by molar-refractivity contribution is -0.116. The normalized spacial score (nSPS) is 10.5. The summed E-state index contributed by atoms with van der Waals surface area (Å²) in [6.07, 6.45) is 1.90. The number of amides is 1. The molecule has 168 valence electrons. The Kier molecular flexibility index (Phi) is 8.66. The molecule has 1 amide bonds. The van der Waals surface area contributed by atoms with Gasteiger partial charge in [-0.1, -0.05) is 0 Å². The van der Waals surface area contributed by atoms with Gasteiger partial charge in [0.25, 0.3) is 0 Å². The molecule has 0 unspecified atom stereocenters. The average molecular weight is 549 g/mol. The van der Waals surface area contributed by atoms with Gasteiger partial charge in [0.1, 0.15) is 22.9 Å². The fraction of sp³-hybridized carbons (Fsp3) is 0.250. The number of hydrogen-bond acceptors (Lipinski definition) is 5. The summed E-state index contributed by atoms with van der Waals surface area (Å²) >= 11 is 2.22. The van der Waals surface area contributed by atoms with Crippen LogP contribution in [0.1, 0.15) is 18.9 Å². The van der Waals surface area contributed by atoms with Crippen molar-refractivity contribution >= 4 is 34.2 Å². The van der Waals surface area contributed by atoms with Crippen LogP contribution in [0.2, 0.25) is 0 Å². The van der Waals surface area contributed by atoms with Gasteiger partial charge in [0, 0.05) is 28.7 Å². The first kappa shape index (κ1) is 23.8. The van der Waals surface area contributed by atoms with Gasteiger partial charge in [0.15, 0.2) is 0 Å². The first-order valence-corrected chi connectivity index (χ1v) is 11.1. The Morgan fingerprint density at radius 1 is 1.12 bits per heavy atom. The number of carbonyl (C=O) groups excluding carboxylic acids is 1. The van der Waals surface area contributed by atoms with Crippen molar-refractivity contribution in [2.24, 2.45) is 0 Å². The molecule has 0 atom stereocenters. The maximum absolute atomic E-state index is 12.6. The number of ether oxygens (including phenoxy) is 3. The van der Waals surface area contributed by atoms with E-state index in [1.165, 1.54) is 6.92 Å². The third-order valence-electron chi connectivity index (χ3n) is 4.58. The zero-order valence-corrected chi connectivity index (χ0v) is 20.0. The van der Waals surface area contributed by atoms with Crippen molar-refractivity contribution in [2.75, 3.05) is 25.3 Å². The quantitative estimate of drug-likeness (QED) is 0.237. The number of benzene rings is 2. The fourth-order valence-corrected chi connectivity index (χ4v) is 3.36. The summed E-state index contributed by atoms with van der Waals surface area (Å²) in [5.74, 6) is 1.93. The van der Waals surface area contributed by atoms with Crippen LogP contribution in [0.15, 0.2) is 60.8 Å². The van der Waals surface area contributed by atoms with Gasteiger partial charge in [-0.25, -0.2) is 4.98 Å². The van der Waals surface area contributed by atoms with E-state index in [-0.39, 0.29) is 19.1 Å². The Hall–Kier alpha value is -2.88. The molecule has 0 N–H and O–H groups in total. The summed E-state index contributed by atoms with van der Waals surface area (Å²) in [5, 5.41) is 0. The molecule has 0 saturated carbocycles. The van der Waals surface area contributed by atoms with Crippen LogP contribution in [0.4, 0.5) is 10.1 Å². The minimum absolute atomic E-state index is 0.192. The SMILES string of the molecule is COc1ccc(OCCC[18F])c(CN(C(C)=O)c2cccnc2Oc2ccc(I)cc2)c1. The number of carbonyl (C=O) groups is 1. The Morgan fingerprint density at radius 2 is 1.88 bits per heavy atom. The number of aromatic nitrogens is 1. The molecule has 0 radical (unpaired) electrons. The Bertz CT molecular complexity index is 1050. The zero-order chi connectivity index (χ0) is 22.9. The molecule has 0 aliphatic heterocycles. The topological polar surface area (TPSA) is 60.9 Å². The molecule has 3 aromatic rings. The van der Waals surface area contributed by atoms with Crippen LogP contribution < -0.4 is 19.1 Å². The molecular formula is C24H24FIN2O4. The largest absolute Gasteiger partial charge is 0.497 e. The highest BCUT2D eigenvalue weighted by molar-refractivity contribution is 14.1. The van der Waals surface area contributed by atoms with Crippen LogP contribution in [-0.2, 0) is 11.3 Å². The summed E-state index contributed by atoms with van der Waals surface area (Å²) in [6, 6.07) is 16.4. The Balaban J connectivity index is 1.93. The second-order valence-electron chi connectivity index (χ2n) is 6.85. The molecule has 0 spiro atoms. The average Bonchev–Trinajstić information content (AvgIpc) is 2.80. The van der Waals surface area contributed by atoms with E-state index in [1.54, 1.807) is 48.5 Å². The molecule has 0 aliphatic rings. The molecule has 32 heavy (non-hydrogen) atoms. The minimum Gasteiger partial charge on any atom is -0.497 e. The highest BCUT2D eigenvalue weighted by Crippen LogP contribution is 2.33. The fourth-order valence-electron chi connectivity index (χ4n) is 3.00. The predicted molar refractivity (Wildman–Crippen MR) is 129 cm³/mol. The van der Waals surface area contributed by atoms with E-state index in [0.29, 0.717) is 35.2 Å². The van der Waals surface area contributed by atoms with Crippen molar-refractivity contribution in [2.45, 2.75) is 19.9 Å². The number of alkyl halides is 1. The highest BCUT2D eigenvalue weighted by Gasteiger charge is 2.20. The third-order valence-corrected chi connectivity index (χ3v) is 5.30. The van der Waals surface area contributed by atoms with Crippen molar-refractivity contribution in [3.8, 4) is 23.1 Å². The zero-order valence-electron chi connectivity index (χ0n) is 17.9. The molecule has 0 fully saturated rings. The standard InChI is InChI=1S/C24H24FIN2O4/c1-17(29)28(16-18-15-21(30-2)10-11-23(18)31-14-4-12-25)22-5-3-13-27-24(22)32-20-8-6-19(26)7-9-20/h3,5-11,13,15H,4,12,14,16H2,1-2H3/i25-1. The van der Waals surface area contributed by atoms with Crippen LogP contribution in [0.3, 0.4) is 0 Å². The van der Waals surface area contributed by atoms with Gasteiger partial charge in [0.2, 0.25) is 11.8 Å². The van der Waals surface area contributed by atoms with Crippen LogP contribution in [0.25, 0.3) is 0 Å². The van der Waals surface area contributed by atoms with Crippen molar-refractivity contribution in [1.82, 2.24) is 4.98 Å². The van der Waals surface area contributed by atoms with Gasteiger partial charge in [-0.3, -0.25) is 9.18 Å². The lowest BCUT2D eigenvalue weighted by Crippen LogP contribution is -2.28. The number of anilines is 1. The Morgan fingerprint density at radius 3 is 2.56 bits per heavy atom. The number of halogens is 2. The number of methoxy groups -OCH3 is 1. The molecule has 2 aromatic carbocycles. The molecule has 8 heteroatoms. The third kappa shape index (κ3) is 6.32. The van der Waals surface area contributed by atoms with Crippen molar-refractivity contribution in [1.29, 1.82) is 0 Å². The first-order chi connectivity index (χ1) is 15.5. The molecule has 3 rings (SSSR count). The molecule has 6 nitrogen and oxygen atoms in total. The molecular weight excluding hydrogens is 525 g/mol. The first-order valence-electron chi connectivity index (χ1n) is 10.0. The summed E-state index contributed by atoms with van der Waals surface area (Å²) in [5.41, 5.74) is 1.25. The lowest BCUT2D eigenvalue weighted by atomic mass is 10.1. The van der Waals surface area contributed by atoms with Crippen LogP contribution in [0.5, 0.6) is 23.1 Å². The second kappa shape index (κ2) is 11.7. The summed E-state index contributed by atoms with van der Waals surface area (Å²) in [7, 11) is 1.57. The van der Waals surface area contributed by atoms with E-state index in [4.69, 9.17) is 14.2 Å². The maximum Gasteiger partial charge on any atom is 0.243 e. The van der Waals surface area contributed by atoms with E-state index < -0.39 is 6.67 Å². The van der Waals surface area contributed by atoms with Crippen LogP contribution in [-0.4, -0.2) is 31.3 Å². The van der Waals surface area contributed by atoms with Gasteiger partial charge >= 0.3 is 0 Å². The number of pyridine rings is 1. The smallest absolute Gasteiger partial charge is 0.243 e. The molecule has 1 heterocycles. The summed E-state index contributed by atoms with van der Waals surface area (Å²) in [4.78, 5) is 18.5. The summed E-state index contributed by atoms with van der Waals surface area (Å²) < 4.78 is 30.7. The van der Waals surface area contributed by atoms with Gasteiger partial charge in [-0.15, -0.1) is 0 Å². The van der Waals surface area contributed by atoms with E-state index >= 15 is 0 Å². The van der Waals surface area contributed by atoms with Crippen molar-refractivity contribution in [3.63, 3.8) is 0 Å². The molecule has 1 aromatic heterocycles. The van der Waals surface area contributed by atoms with E-state index in [9.17, 15) is 9.18 Å². The lowest BCUT2D eigenvalue weighted by Gasteiger charge is -2.24. The molecule has 0 aliphatic carbocycles. The van der Waals surface area contributed by atoms with Gasteiger partial charge in [0.05, 0.1) is 26.9 Å². The van der Waals surface area contributed by atoms with Gasteiger partial charge < -0.3 is 19.1 Å². The van der Waals surface area contributed by atoms with E-state index in [2.05, 4.69) is 27.6 Å². The van der Waals surface area contributed by atoms with Crippen LogP contribution in [0, 0.1) is 3.57 Å². The van der Waals surface area contributed by atoms with E-state index in [1.807, 2.05) is 24.3 Å².